The van der Waals surface area contributed by atoms with Crippen LogP contribution in [-0.4, -0.2) is 12.8 Å². The highest BCUT2D eigenvalue weighted by Gasteiger charge is 2.08. The molecule has 1 rings (SSSR count). The van der Waals surface area contributed by atoms with Crippen molar-refractivity contribution >= 4 is 17.9 Å². The summed E-state index contributed by atoms with van der Waals surface area (Å²) in [5.74, 6) is -0.122. The first-order valence-corrected chi connectivity index (χ1v) is 4.56. The number of hydrogen-bond donors (Lipinski definition) is 1. The Labute approximate surface area is 82.7 Å². The maximum atomic E-state index is 10.7. The maximum absolute atomic E-state index is 10.7. The zero-order valence-corrected chi connectivity index (χ0v) is 8.00. The van der Waals surface area contributed by atoms with E-state index in [4.69, 9.17) is 17.3 Å². The Morgan fingerprint density at radius 2 is 2.31 bits per heavy atom. The molecule has 0 bridgehead atoms. The van der Waals surface area contributed by atoms with E-state index < -0.39 is 0 Å². The number of carbonyl (C=O) groups excluding carboxylic acids is 1. The summed E-state index contributed by atoms with van der Waals surface area (Å²) in [6, 6.07) is 7.32. The SMILES string of the molecule is NCCC(C=O)c1cccc(Cl)c1. The van der Waals surface area contributed by atoms with E-state index in [0.717, 1.165) is 11.8 Å². The molecule has 0 radical (unpaired) electrons. The van der Waals surface area contributed by atoms with Crippen LogP contribution in [0.1, 0.15) is 17.9 Å². The first kappa shape index (κ1) is 10.2. The summed E-state index contributed by atoms with van der Waals surface area (Å²) in [6.07, 6.45) is 1.59. The maximum Gasteiger partial charge on any atom is 0.127 e. The molecular weight excluding hydrogens is 186 g/mol. The van der Waals surface area contributed by atoms with Crippen molar-refractivity contribution in [3.05, 3.63) is 34.9 Å². The van der Waals surface area contributed by atoms with Gasteiger partial charge in [0.1, 0.15) is 6.29 Å². The third kappa shape index (κ3) is 2.83. The van der Waals surface area contributed by atoms with E-state index in [-0.39, 0.29) is 5.92 Å². The highest BCUT2D eigenvalue weighted by Crippen LogP contribution is 2.20. The number of rotatable bonds is 4. The van der Waals surface area contributed by atoms with Crippen molar-refractivity contribution in [2.75, 3.05) is 6.54 Å². The predicted molar refractivity (Wildman–Crippen MR) is 53.9 cm³/mol. The summed E-state index contributed by atoms with van der Waals surface area (Å²) in [7, 11) is 0. The van der Waals surface area contributed by atoms with E-state index in [0.29, 0.717) is 18.0 Å². The predicted octanol–water partition coefficient (Wildman–Crippen LogP) is 1.97. The van der Waals surface area contributed by atoms with Crippen LogP contribution in [0, 0.1) is 0 Å². The van der Waals surface area contributed by atoms with Gasteiger partial charge in [0.15, 0.2) is 0 Å². The minimum atomic E-state index is -0.122. The van der Waals surface area contributed by atoms with Gasteiger partial charge in [0, 0.05) is 10.9 Å². The van der Waals surface area contributed by atoms with E-state index in [1.807, 2.05) is 12.1 Å². The first-order valence-electron chi connectivity index (χ1n) is 4.18. The Kier molecular flexibility index (Phi) is 3.93. The molecule has 1 aromatic rings. The van der Waals surface area contributed by atoms with E-state index >= 15 is 0 Å². The van der Waals surface area contributed by atoms with E-state index in [2.05, 4.69) is 0 Å². The van der Waals surface area contributed by atoms with Gasteiger partial charge in [0.25, 0.3) is 0 Å². The lowest BCUT2D eigenvalue weighted by Crippen LogP contribution is -2.08. The molecule has 0 fully saturated rings. The van der Waals surface area contributed by atoms with Crippen LogP contribution in [-0.2, 0) is 4.79 Å². The van der Waals surface area contributed by atoms with Crippen molar-refractivity contribution in [2.24, 2.45) is 5.73 Å². The molecule has 13 heavy (non-hydrogen) atoms. The van der Waals surface area contributed by atoms with Crippen LogP contribution in [0.15, 0.2) is 24.3 Å². The fourth-order valence-electron chi connectivity index (χ4n) is 1.23. The van der Waals surface area contributed by atoms with Crippen LogP contribution in [0.2, 0.25) is 5.02 Å². The third-order valence-electron chi connectivity index (χ3n) is 1.92. The van der Waals surface area contributed by atoms with E-state index in [1.54, 1.807) is 12.1 Å². The van der Waals surface area contributed by atoms with Gasteiger partial charge in [-0.15, -0.1) is 0 Å². The lowest BCUT2D eigenvalue weighted by Gasteiger charge is -2.08. The second kappa shape index (κ2) is 5.00. The van der Waals surface area contributed by atoms with Gasteiger partial charge < -0.3 is 10.5 Å². The normalized spacial score (nSPS) is 12.5. The molecule has 0 heterocycles. The molecule has 0 aliphatic heterocycles. The molecule has 0 aliphatic carbocycles. The van der Waals surface area contributed by atoms with Gasteiger partial charge in [-0.3, -0.25) is 0 Å². The van der Waals surface area contributed by atoms with Crippen molar-refractivity contribution in [2.45, 2.75) is 12.3 Å². The third-order valence-corrected chi connectivity index (χ3v) is 2.15. The zero-order chi connectivity index (χ0) is 9.68. The fraction of sp³-hybridized carbons (Fsp3) is 0.300. The highest BCUT2D eigenvalue weighted by molar-refractivity contribution is 6.30. The number of nitrogens with two attached hydrogens (primary N) is 1. The number of aldehydes is 1. The monoisotopic (exact) mass is 197 g/mol. The molecule has 70 valence electrons. The molecule has 0 saturated heterocycles. The minimum absolute atomic E-state index is 0.122. The average molecular weight is 198 g/mol. The number of benzene rings is 1. The molecule has 1 atom stereocenters. The second-order valence-corrected chi connectivity index (χ2v) is 3.31. The first-order chi connectivity index (χ1) is 6.27. The fourth-order valence-corrected chi connectivity index (χ4v) is 1.43. The molecule has 0 amide bonds. The molecule has 2 nitrogen and oxygen atoms in total. The lowest BCUT2D eigenvalue weighted by atomic mass is 9.97. The molecule has 3 heteroatoms. The van der Waals surface area contributed by atoms with Crippen molar-refractivity contribution in [3.8, 4) is 0 Å². The standard InChI is InChI=1S/C10H12ClNO/c11-10-3-1-2-8(6-10)9(7-13)4-5-12/h1-3,6-7,9H,4-5,12H2. The Balaban J connectivity index is 2.84. The zero-order valence-electron chi connectivity index (χ0n) is 7.24. The Bertz CT molecular complexity index is 288. The largest absolute Gasteiger partial charge is 0.330 e. The van der Waals surface area contributed by atoms with Crippen molar-refractivity contribution in [3.63, 3.8) is 0 Å². The van der Waals surface area contributed by atoms with Crippen molar-refractivity contribution in [1.29, 1.82) is 0 Å². The molecule has 0 spiro atoms. The topological polar surface area (TPSA) is 43.1 Å². The average Bonchev–Trinajstić information content (AvgIpc) is 2.14. The van der Waals surface area contributed by atoms with Crippen LogP contribution >= 0.6 is 11.6 Å². The number of halogens is 1. The summed E-state index contributed by atoms with van der Waals surface area (Å²) in [6.45, 7) is 0.510. The minimum Gasteiger partial charge on any atom is -0.330 e. The van der Waals surface area contributed by atoms with Crippen LogP contribution in [0.5, 0.6) is 0 Å². The Morgan fingerprint density at radius 1 is 1.54 bits per heavy atom. The quantitative estimate of drug-likeness (QED) is 0.750. The molecular formula is C10H12ClNO. The van der Waals surface area contributed by atoms with Crippen LogP contribution in [0.3, 0.4) is 0 Å². The smallest absolute Gasteiger partial charge is 0.127 e. The van der Waals surface area contributed by atoms with Gasteiger partial charge in [-0.05, 0) is 30.7 Å². The molecule has 2 N–H and O–H groups in total. The van der Waals surface area contributed by atoms with Gasteiger partial charge in [-0.2, -0.15) is 0 Å². The molecule has 1 aromatic carbocycles. The number of carbonyl (C=O) groups is 1. The van der Waals surface area contributed by atoms with Crippen molar-refractivity contribution in [1.82, 2.24) is 0 Å². The van der Waals surface area contributed by atoms with Crippen LogP contribution in [0.4, 0.5) is 0 Å². The lowest BCUT2D eigenvalue weighted by molar-refractivity contribution is -0.109. The summed E-state index contributed by atoms with van der Waals surface area (Å²) < 4.78 is 0. The van der Waals surface area contributed by atoms with E-state index in [9.17, 15) is 4.79 Å². The van der Waals surface area contributed by atoms with Gasteiger partial charge in [0.05, 0.1) is 0 Å². The highest BCUT2D eigenvalue weighted by atomic mass is 35.5. The summed E-state index contributed by atoms with van der Waals surface area (Å²) in [5.41, 5.74) is 6.33. The van der Waals surface area contributed by atoms with Gasteiger partial charge >= 0.3 is 0 Å². The van der Waals surface area contributed by atoms with Crippen molar-refractivity contribution < 1.29 is 4.79 Å². The number of hydrogen-bond acceptors (Lipinski definition) is 2. The second-order valence-electron chi connectivity index (χ2n) is 2.87. The summed E-state index contributed by atoms with van der Waals surface area (Å²) >= 11 is 5.80. The molecule has 1 unspecified atom stereocenters. The Morgan fingerprint density at radius 3 is 2.85 bits per heavy atom. The molecule has 0 aliphatic rings. The van der Waals surface area contributed by atoms with Crippen LogP contribution < -0.4 is 5.73 Å². The van der Waals surface area contributed by atoms with E-state index in [1.165, 1.54) is 0 Å². The summed E-state index contributed by atoms with van der Waals surface area (Å²) in [4.78, 5) is 10.7. The Hall–Kier alpha value is -0.860. The summed E-state index contributed by atoms with van der Waals surface area (Å²) in [5, 5.41) is 0.654. The van der Waals surface area contributed by atoms with Gasteiger partial charge in [0.2, 0.25) is 0 Å². The van der Waals surface area contributed by atoms with Gasteiger partial charge in [-0.25, -0.2) is 0 Å². The van der Waals surface area contributed by atoms with Crippen LogP contribution in [0.25, 0.3) is 0 Å². The van der Waals surface area contributed by atoms with Gasteiger partial charge in [-0.1, -0.05) is 23.7 Å². The molecule has 0 aromatic heterocycles. The molecule has 0 saturated carbocycles.